The van der Waals surface area contributed by atoms with E-state index in [0.29, 0.717) is 4.47 Å². The molecule has 0 unspecified atom stereocenters. The summed E-state index contributed by atoms with van der Waals surface area (Å²) in [6.07, 6.45) is 1.37. The van der Waals surface area contributed by atoms with Crippen molar-refractivity contribution >= 4 is 15.9 Å². The van der Waals surface area contributed by atoms with Crippen LogP contribution in [0.15, 0.2) is 72.1 Å². The van der Waals surface area contributed by atoms with E-state index in [0.717, 1.165) is 5.56 Å². The average molecular weight is 331 g/mol. The Bertz CT molecular complexity index is 783. The standard InChI is InChI=1S/C17H17NO4S/c1-3-13-22-18(17(19)15-7-5-4-6-8-15)23(20,21)16-11-9-14(2)10-12-16/h3-12H,1,13H2,2H3. The molecular formula is C17H17NO4S. The third-order valence-corrected chi connectivity index (χ3v) is 4.61. The molecule has 0 heterocycles. The summed E-state index contributed by atoms with van der Waals surface area (Å²) in [5, 5.41) is 0. The minimum Gasteiger partial charge on any atom is -0.266 e. The van der Waals surface area contributed by atoms with Crippen molar-refractivity contribution in [2.24, 2.45) is 0 Å². The Hall–Kier alpha value is -2.44. The molecule has 0 aromatic heterocycles. The summed E-state index contributed by atoms with van der Waals surface area (Å²) >= 11 is 0. The van der Waals surface area contributed by atoms with Crippen LogP contribution in [0.3, 0.4) is 0 Å². The Morgan fingerprint density at radius 2 is 1.74 bits per heavy atom. The molecule has 2 rings (SSSR count). The zero-order valence-corrected chi connectivity index (χ0v) is 13.5. The van der Waals surface area contributed by atoms with Gasteiger partial charge in [0.1, 0.15) is 0 Å². The molecule has 0 spiro atoms. The molecule has 1 amide bonds. The van der Waals surface area contributed by atoms with Crippen molar-refractivity contribution in [3.63, 3.8) is 0 Å². The maximum Gasteiger partial charge on any atom is 0.292 e. The normalized spacial score (nSPS) is 11.0. The fourth-order valence-electron chi connectivity index (χ4n) is 1.85. The van der Waals surface area contributed by atoms with Crippen LogP contribution in [0.5, 0.6) is 0 Å². The molecular weight excluding hydrogens is 314 g/mol. The molecule has 120 valence electrons. The van der Waals surface area contributed by atoms with E-state index >= 15 is 0 Å². The van der Waals surface area contributed by atoms with Gasteiger partial charge in [-0.3, -0.25) is 9.63 Å². The van der Waals surface area contributed by atoms with Gasteiger partial charge in [0.05, 0.1) is 11.5 Å². The van der Waals surface area contributed by atoms with Crippen LogP contribution >= 0.6 is 0 Å². The lowest BCUT2D eigenvalue weighted by atomic mass is 10.2. The summed E-state index contributed by atoms with van der Waals surface area (Å²) in [7, 11) is -4.12. The molecule has 0 atom stereocenters. The third kappa shape index (κ3) is 3.85. The van der Waals surface area contributed by atoms with Gasteiger partial charge in [-0.15, -0.1) is 6.58 Å². The predicted octanol–water partition coefficient (Wildman–Crippen LogP) is 2.94. The zero-order valence-electron chi connectivity index (χ0n) is 12.7. The summed E-state index contributed by atoms with van der Waals surface area (Å²) < 4.78 is 25.8. The fourth-order valence-corrected chi connectivity index (χ4v) is 3.04. The molecule has 5 nitrogen and oxygen atoms in total. The van der Waals surface area contributed by atoms with E-state index in [-0.39, 0.29) is 17.1 Å². The minimum absolute atomic E-state index is 0.0172. The number of aryl methyl sites for hydroxylation is 1. The molecule has 0 aliphatic rings. The summed E-state index contributed by atoms with van der Waals surface area (Å²) in [6, 6.07) is 14.3. The summed E-state index contributed by atoms with van der Waals surface area (Å²) in [6.45, 7) is 5.21. The quantitative estimate of drug-likeness (QED) is 0.603. The van der Waals surface area contributed by atoms with Gasteiger partial charge in [-0.2, -0.15) is 8.42 Å². The van der Waals surface area contributed by atoms with Gasteiger partial charge < -0.3 is 0 Å². The number of amides is 1. The monoisotopic (exact) mass is 331 g/mol. The molecule has 0 aliphatic carbocycles. The van der Waals surface area contributed by atoms with Crippen molar-refractivity contribution in [3.8, 4) is 0 Å². The molecule has 2 aromatic rings. The number of benzene rings is 2. The number of carbonyl (C=O) groups excluding carboxylic acids is 1. The molecule has 0 saturated carbocycles. The molecule has 0 bridgehead atoms. The van der Waals surface area contributed by atoms with Crippen molar-refractivity contribution < 1.29 is 18.0 Å². The number of hydrogen-bond acceptors (Lipinski definition) is 4. The highest BCUT2D eigenvalue weighted by atomic mass is 32.2. The number of nitrogens with zero attached hydrogens (tertiary/aromatic N) is 1. The van der Waals surface area contributed by atoms with Gasteiger partial charge in [0.2, 0.25) is 0 Å². The van der Waals surface area contributed by atoms with Gasteiger partial charge in [-0.25, -0.2) is 0 Å². The Kier molecular flexibility index (Phi) is 5.31. The van der Waals surface area contributed by atoms with Crippen LogP contribution in [0.4, 0.5) is 0 Å². The lowest BCUT2D eigenvalue weighted by molar-refractivity contribution is -0.0462. The summed E-state index contributed by atoms with van der Waals surface area (Å²) in [5.74, 6) is -0.756. The first kappa shape index (κ1) is 16.9. The highest BCUT2D eigenvalue weighted by Crippen LogP contribution is 2.19. The van der Waals surface area contributed by atoms with Crippen molar-refractivity contribution in [1.82, 2.24) is 4.47 Å². The van der Waals surface area contributed by atoms with Crippen LogP contribution in [0.25, 0.3) is 0 Å². The highest BCUT2D eigenvalue weighted by molar-refractivity contribution is 7.89. The number of sulfonamides is 1. The first-order chi connectivity index (χ1) is 11.0. The highest BCUT2D eigenvalue weighted by Gasteiger charge is 2.31. The van der Waals surface area contributed by atoms with Crippen molar-refractivity contribution in [1.29, 1.82) is 0 Å². The molecule has 0 aliphatic heterocycles. The second kappa shape index (κ2) is 7.21. The van der Waals surface area contributed by atoms with Crippen molar-refractivity contribution in [3.05, 3.63) is 78.4 Å². The van der Waals surface area contributed by atoms with Crippen LogP contribution in [0, 0.1) is 6.92 Å². The summed E-state index contributed by atoms with van der Waals surface area (Å²) in [5.41, 5.74) is 1.13. The smallest absolute Gasteiger partial charge is 0.266 e. The van der Waals surface area contributed by atoms with E-state index < -0.39 is 15.9 Å². The summed E-state index contributed by atoms with van der Waals surface area (Å²) in [4.78, 5) is 17.6. The first-order valence-corrected chi connectivity index (χ1v) is 8.36. The Balaban J connectivity index is 2.43. The van der Waals surface area contributed by atoms with Crippen LogP contribution in [-0.4, -0.2) is 25.4 Å². The van der Waals surface area contributed by atoms with E-state index in [4.69, 9.17) is 4.84 Å². The topological polar surface area (TPSA) is 63.7 Å². The molecule has 6 heteroatoms. The molecule has 23 heavy (non-hydrogen) atoms. The van der Waals surface area contributed by atoms with Crippen LogP contribution in [0.2, 0.25) is 0 Å². The maximum atomic E-state index is 12.7. The second-order valence-electron chi connectivity index (χ2n) is 4.80. The van der Waals surface area contributed by atoms with Crippen LogP contribution < -0.4 is 0 Å². The lowest BCUT2D eigenvalue weighted by Crippen LogP contribution is -2.37. The fraction of sp³-hybridized carbons (Fsp3) is 0.118. The van der Waals surface area contributed by atoms with E-state index in [2.05, 4.69) is 6.58 Å². The number of carbonyl (C=O) groups is 1. The first-order valence-electron chi connectivity index (χ1n) is 6.92. The van der Waals surface area contributed by atoms with Crippen LogP contribution in [0.1, 0.15) is 15.9 Å². The molecule has 0 fully saturated rings. The molecule has 0 N–H and O–H groups in total. The Morgan fingerprint density at radius 1 is 1.13 bits per heavy atom. The Morgan fingerprint density at radius 3 is 2.30 bits per heavy atom. The second-order valence-corrected chi connectivity index (χ2v) is 6.55. The van der Waals surface area contributed by atoms with Crippen molar-refractivity contribution in [2.45, 2.75) is 11.8 Å². The van der Waals surface area contributed by atoms with Gasteiger partial charge in [0.25, 0.3) is 15.9 Å². The number of hydroxylamine groups is 1. The van der Waals surface area contributed by atoms with Gasteiger partial charge in [0.15, 0.2) is 0 Å². The van der Waals surface area contributed by atoms with E-state index in [1.54, 1.807) is 30.3 Å². The predicted molar refractivity (Wildman–Crippen MR) is 87.1 cm³/mol. The zero-order chi connectivity index (χ0) is 16.9. The van der Waals surface area contributed by atoms with Crippen LogP contribution in [-0.2, 0) is 14.9 Å². The van der Waals surface area contributed by atoms with Gasteiger partial charge in [-0.1, -0.05) is 46.4 Å². The molecule has 2 aromatic carbocycles. The van der Waals surface area contributed by atoms with Gasteiger partial charge >= 0.3 is 0 Å². The average Bonchev–Trinajstić information content (AvgIpc) is 2.56. The largest absolute Gasteiger partial charge is 0.292 e. The van der Waals surface area contributed by atoms with E-state index in [1.807, 2.05) is 6.92 Å². The minimum atomic E-state index is -4.12. The Labute approximate surface area is 135 Å². The van der Waals surface area contributed by atoms with Gasteiger partial charge in [0, 0.05) is 5.56 Å². The maximum absolute atomic E-state index is 12.7. The third-order valence-electron chi connectivity index (χ3n) is 3.03. The number of hydrogen-bond donors (Lipinski definition) is 0. The van der Waals surface area contributed by atoms with Crippen molar-refractivity contribution in [2.75, 3.05) is 6.61 Å². The van der Waals surface area contributed by atoms with E-state index in [1.165, 1.54) is 30.3 Å². The lowest BCUT2D eigenvalue weighted by Gasteiger charge is -2.21. The number of rotatable bonds is 6. The molecule has 0 radical (unpaired) electrons. The van der Waals surface area contributed by atoms with E-state index in [9.17, 15) is 13.2 Å². The van der Waals surface area contributed by atoms with Gasteiger partial charge in [-0.05, 0) is 31.2 Å². The molecule has 0 saturated heterocycles. The SMILES string of the molecule is C=CCON(C(=O)c1ccccc1)S(=O)(=O)c1ccc(C)cc1.